The maximum Gasteiger partial charge on any atom is 0.185 e. The van der Waals surface area contributed by atoms with Gasteiger partial charge in [0.05, 0.1) is 22.3 Å². The van der Waals surface area contributed by atoms with Crippen molar-refractivity contribution in [1.29, 1.82) is 0 Å². The molecule has 0 aliphatic carbocycles. The highest BCUT2D eigenvalue weighted by Crippen LogP contribution is 2.40. The third kappa shape index (κ3) is 5.47. The zero-order chi connectivity index (χ0) is 42.6. The van der Waals surface area contributed by atoms with Gasteiger partial charge in [0.2, 0.25) is 0 Å². The molecule has 304 valence electrons. The molecule has 4 nitrogen and oxygen atoms in total. The molecule has 14 rings (SSSR count). The van der Waals surface area contributed by atoms with Crippen molar-refractivity contribution in [2.75, 3.05) is 0 Å². The predicted molar refractivity (Wildman–Crippen MR) is 277 cm³/mol. The van der Waals surface area contributed by atoms with Crippen molar-refractivity contribution >= 4 is 136 Å². The minimum Gasteiger partial charge on any atom is -0.456 e. The summed E-state index contributed by atoms with van der Waals surface area (Å²) in [6.07, 6.45) is 3.89. The molecule has 0 N–H and O–H groups in total. The van der Waals surface area contributed by atoms with E-state index in [-0.39, 0.29) is 0 Å². The van der Waals surface area contributed by atoms with Gasteiger partial charge in [0.25, 0.3) is 0 Å². The van der Waals surface area contributed by atoms with Crippen LogP contribution in [-0.4, -0.2) is 18.0 Å². The van der Waals surface area contributed by atoms with Crippen LogP contribution in [0.3, 0.4) is 0 Å². The van der Waals surface area contributed by atoms with Crippen LogP contribution in [0.2, 0.25) is 0 Å². The van der Waals surface area contributed by atoms with E-state index in [1.807, 2.05) is 35.9 Å². The van der Waals surface area contributed by atoms with Crippen LogP contribution in [0.4, 0.5) is 0 Å². The molecular formula is C58H34N2O2S2Si. The molecule has 0 atom stereocenters. The fourth-order valence-electron chi connectivity index (χ4n) is 10.4. The monoisotopic (exact) mass is 882 g/mol. The summed E-state index contributed by atoms with van der Waals surface area (Å²) in [5.41, 5.74) is 7.50. The Hall–Kier alpha value is -7.68. The Labute approximate surface area is 381 Å². The molecule has 0 aliphatic heterocycles. The Morgan fingerprint density at radius 1 is 0.354 bits per heavy atom. The largest absolute Gasteiger partial charge is 0.456 e. The summed E-state index contributed by atoms with van der Waals surface area (Å²) in [5, 5.41) is 14.5. The summed E-state index contributed by atoms with van der Waals surface area (Å²) in [6, 6.07) is 70.7. The standard InChI is InChI=1S/C58H34N2O2S2Si/c1-3-13-37(14-4-1)65(38-15-5-2-6-16-38,55-23-11-19-41-43-29-35(25-27-50(43)62-57(41)55)48-32-46-40-18-8-10-22-52(40)63-54(46)34-60-48)56-24-12-20-42-45-30-36(26-28-53(45)64-58(42)56)47-31-44-39-17-7-9-21-49(39)61-51(44)33-59-47/h1-34H. The zero-order valence-corrected chi connectivity index (χ0v) is 37.3. The number of pyridine rings is 2. The normalized spacial score (nSPS) is 12.3. The number of hydrogen-bond acceptors (Lipinski definition) is 6. The fourth-order valence-corrected chi connectivity index (χ4v) is 18.1. The van der Waals surface area contributed by atoms with Gasteiger partial charge in [-0.05, 0) is 75.3 Å². The molecule has 8 aromatic carbocycles. The average Bonchev–Trinajstić information content (AvgIpc) is 4.15. The summed E-state index contributed by atoms with van der Waals surface area (Å²) in [7, 11) is -3.12. The number of rotatable bonds is 6. The van der Waals surface area contributed by atoms with E-state index in [9.17, 15) is 0 Å². The van der Waals surface area contributed by atoms with Gasteiger partial charge in [-0.2, -0.15) is 0 Å². The van der Waals surface area contributed by atoms with Crippen molar-refractivity contribution in [3.63, 3.8) is 0 Å². The summed E-state index contributed by atoms with van der Waals surface area (Å²) in [4.78, 5) is 9.90. The number of fused-ring (bicyclic) bond motifs is 12. The molecule has 0 fully saturated rings. The van der Waals surface area contributed by atoms with Gasteiger partial charge in [0.15, 0.2) is 13.7 Å². The SMILES string of the molecule is c1ccc([Si](c2ccccc2)(c2cccc3c2oc2ccc(-c4cc5c(cn4)sc4ccccc45)cc23)c2cccc3c2sc2ccc(-c4cc5c(cn4)oc4ccccc45)cc23)cc1. The molecule has 0 spiro atoms. The highest BCUT2D eigenvalue weighted by molar-refractivity contribution is 7.31. The number of furan rings is 2. The second-order valence-corrected chi connectivity index (χ2v) is 22.7. The molecule has 0 unspecified atom stereocenters. The number of thiophene rings is 2. The van der Waals surface area contributed by atoms with E-state index < -0.39 is 8.07 Å². The molecule has 6 heterocycles. The predicted octanol–water partition coefficient (Wildman–Crippen LogP) is 13.7. The lowest BCUT2D eigenvalue weighted by Crippen LogP contribution is -2.74. The third-order valence-electron chi connectivity index (χ3n) is 13.3. The Morgan fingerprint density at radius 3 is 1.75 bits per heavy atom. The van der Waals surface area contributed by atoms with E-state index >= 15 is 0 Å². The lowest BCUT2D eigenvalue weighted by molar-refractivity contribution is 0.667. The highest BCUT2D eigenvalue weighted by Gasteiger charge is 2.45. The maximum atomic E-state index is 7.15. The van der Waals surface area contributed by atoms with Crippen LogP contribution in [0.15, 0.2) is 215 Å². The van der Waals surface area contributed by atoms with Gasteiger partial charge >= 0.3 is 0 Å². The van der Waals surface area contributed by atoms with Crippen LogP contribution < -0.4 is 20.7 Å². The van der Waals surface area contributed by atoms with Gasteiger partial charge in [0, 0.05) is 74.5 Å². The number of aromatic nitrogens is 2. The molecule has 7 heteroatoms. The molecule has 0 aliphatic rings. The highest BCUT2D eigenvalue weighted by atomic mass is 32.1. The topological polar surface area (TPSA) is 52.1 Å². The lowest BCUT2D eigenvalue weighted by atomic mass is 10.0. The molecule has 65 heavy (non-hydrogen) atoms. The van der Waals surface area contributed by atoms with E-state index in [0.29, 0.717) is 0 Å². The Balaban J connectivity index is 0.993. The molecule has 0 radical (unpaired) electrons. The first kappa shape index (κ1) is 36.8. The van der Waals surface area contributed by atoms with Crippen molar-refractivity contribution in [2.24, 2.45) is 0 Å². The van der Waals surface area contributed by atoms with Crippen molar-refractivity contribution in [1.82, 2.24) is 9.97 Å². The third-order valence-corrected chi connectivity index (χ3v) is 20.7. The van der Waals surface area contributed by atoms with Crippen LogP contribution in [0.5, 0.6) is 0 Å². The van der Waals surface area contributed by atoms with Crippen LogP contribution in [0.25, 0.3) is 107 Å². The van der Waals surface area contributed by atoms with E-state index in [0.717, 1.165) is 66.4 Å². The van der Waals surface area contributed by atoms with Gasteiger partial charge in [-0.15, -0.1) is 22.7 Å². The minimum atomic E-state index is -3.12. The Kier molecular flexibility index (Phi) is 8.01. The molecular weight excluding hydrogens is 849 g/mol. The minimum absolute atomic E-state index is 0.798. The van der Waals surface area contributed by atoms with E-state index in [1.165, 1.54) is 61.1 Å². The summed E-state index contributed by atoms with van der Waals surface area (Å²) < 4.78 is 18.3. The quantitative estimate of drug-likeness (QED) is 0.123. The molecule has 14 aromatic rings. The van der Waals surface area contributed by atoms with Crippen LogP contribution in [0, 0.1) is 0 Å². The number of nitrogens with zero attached hydrogens (tertiary/aromatic N) is 2. The number of benzene rings is 8. The molecule has 0 saturated carbocycles. The first-order chi connectivity index (χ1) is 32.2. The maximum absolute atomic E-state index is 7.15. The zero-order valence-electron chi connectivity index (χ0n) is 34.7. The van der Waals surface area contributed by atoms with Gasteiger partial charge in [-0.25, -0.2) is 0 Å². The fraction of sp³-hybridized carbons (Fsp3) is 0. The Bertz CT molecular complexity index is 3930. The van der Waals surface area contributed by atoms with E-state index in [4.69, 9.17) is 18.8 Å². The van der Waals surface area contributed by atoms with Crippen molar-refractivity contribution in [2.45, 2.75) is 0 Å². The first-order valence-corrected chi connectivity index (χ1v) is 25.4. The summed E-state index contributed by atoms with van der Waals surface area (Å²) in [5.74, 6) is 0. The van der Waals surface area contributed by atoms with Gasteiger partial charge in [-0.1, -0.05) is 140 Å². The smallest absolute Gasteiger partial charge is 0.185 e. The van der Waals surface area contributed by atoms with Crippen molar-refractivity contribution in [3.8, 4) is 22.5 Å². The number of para-hydroxylation sites is 2. The first-order valence-electron chi connectivity index (χ1n) is 21.8. The van der Waals surface area contributed by atoms with Crippen LogP contribution in [0.1, 0.15) is 0 Å². The average molecular weight is 883 g/mol. The van der Waals surface area contributed by atoms with Crippen LogP contribution >= 0.6 is 22.7 Å². The summed E-state index contributed by atoms with van der Waals surface area (Å²) >= 11 is 3.68. The second kappa shape index (κ2) is 14.2. The Morgan fingerprint density at radius 2 is 0.938 bits per heavy atom. The van der Waals surface area contributed by atoms with Gasteiger partial charge < -0.3 is 8.83 Å². The van der Waals surface area contributed by atoms with Crippen LogP contribution in [-0.2, 0) is 0 Å². The summed E-state index contributed by atoms with van der Waals surface area (Å²) in [6.45, 7) is 0. The van der Waals surface area contributed by atoms with Crippen molar-refractivity contribution < 1.29 is 8.83 Å². The molecule has 0 saturated heterocycles. The molecule has 0 amide bonds. The number of hydrogen-bond donors (Lipinski definition) is 0. The van der Waals surface area contributed by atoms with E-state index in [1.54, 1.807) is 11.3 Å². The molecule has 0 bridgehead atoms. The molecule has 6 aromatic heterocycles. The van der Waals surface area contributed by atoms with Gasteiger partial charge in [-0.3, -0.25) is 9.97 Å². The van der Waals surface area contributed by atoms with Crippen molar-refractivity contribution in [3.05, 3.63) is 207 Å². The van der Waals surface area contributed by atoms with Gasteiger partial charge in [0.1, 0.15) is 16.7 Å². The lowest BCUT2D eigenvalue weighted by Gasteiger charge is -2.34. The van der Waals surface area contributed by atoms with E-state index in [2.05, 4.69) is 182 Å². The second-order valence-electron chi connectivity index (χ2n) is 16.8.